The van der Waals surface area contributed by atoms with Crippen LogP contribution in [0.15, 0.2) is 24.4 Å². The minimum atomic E-state index is -1.06. The quantitative estimate of drug-likeness (QED) is 0.850. The van der Waals surface area contributed by atoms with Gasteiger partial charge in [-0.3, -0.25) is 4.98 Å². The second-order valence-corrected chi connectivity index (χ2v) is 3.71. The molecule has 2 rings (SSSR count). The molecule has 0 fully saturated rings. The van der Waals surface area contributed by atoms with E-state index in [0.29, 0.717) is 5.82 Å². The van der Waals surface area contributed by atoms with Gasteiger partial charge < -0.3 is 5.11 Å². The van der Waals surface area contributed by atoms with Crippen molar-refractivity contribution in [2.24, 2.45) is 0 Å². The number of carboxylic acid groups (broad SMARTS) is 1. The molecular weight excluding hydrogens is 218 g/mol. The first-order chi connectivity index (χ1) is 8.06. The number of aromatic nitrogens is 3. The van der Waals surface area contributed by atoms with E-state index in [0.717, 1.165) is 17.0 Å². The van der Waals surface area contributed by atoms with Crippen molar-refractivity contribution >= 4 is 5.97 Å². The minimum Gasteiger partial charge on any atom is -0.477 e. The van der Waals surface area contributed by atoms with Crippen LogP contribution in [0.2, 0.25) is 0 Å². The number of carbonyl (C=O) groups is 1. The Morgan fingerprint density at radius 2 is 1.82 bits per heavy atom. The van der Waals surface area contributed by atoms with Crippen molar-refractivity contribution in [1.82, 2.24) is 15.0 Å². The number of aromatic carboxylic acids is 1. The fraction of sp³-hybridized carbons (Fsp3) is 0.167. The normalized spacial score (nSPS) is 10.2. The Balaban J connectivity index is 2.52. The summed E-state index contributed by atoms with van der Waals surface area (Å²) in [5, 5.41) is 8.86. The predicted molar refractivity (Wildman–Crippen MR) is 61.7 cm³/mol. The lowest BCUT2D eigenvalue weighted by Gasteiger charge is -2.03. The van der Waals surface area contributed by atoms with Crippen molar-refractivity contribution in [2.75, 3.05) is 0 Å². The van der Waals surface area contributed by atoms with E-state index in [1.54, 1.807) is 0 Å². The molecule has 2 heterocycles. The van der Waals surface area contributed by atoms with E-state index < -0.39 is 5.97 Å². The van der Waals surface area contributed by atoms with E-state index in [4.69, 9.17) is 5.11 Å². The van der Waals surface area contributed by atoms with E-state index >= 15 is 0 Å². The molecule has 0 unspecified atom stereocenters. The van der Waals surface area contributed by atoms with E-state index in [2.05, 4.69) is 15.0 Å². The molecule has 2 aromatic heterocycles. The van der Waals surface area contributed by atoms with Crippen LogP contribution < -0.4 is 0 Å². The Kier molecular flexibility index (Phi) is 2.82. The molecular formula is C12H11N3O2. The van der Waals surface area contributed by atoms with Gasteiger partial charge in [-0.25, -0.2) is 14.8 Å². The second kappa shape index (κ2) is 4.29. The van der Waals surface area contributed by atoms with Crippen LogP contribution in [0.4, 0.5) is 0 Å². The molecule has 2 aromatic rings. The van der Waals surface area contributed by atoms with Gasteiger partial charge in [0.1, 0.15) is 0 Å². The molecule has 0 aliphatic rings. The Hall–Kier alpha value is -2.30. The smallest absolute Gasteiger partial charge is 0.354 e. The molecule has 0 bridgehead atoms. The third-order valence-corrected chi connectivity index (χ3v) is 2.21. The first-order valence-corrected chi connectivity index (χ1v) is 5.08. The molecule has 0 amide bonds. The molecule has 0 radical (unpaired) electrons. The highest BCUT2D eigenvalue weighted by molar-refractivity contribution is 5.85. The van der Waals surface area contributed by atoms with Crippen molar-refractivity contribution in [2.45, 2.75) is 13.8 Å². The minimum absolute atomic E-state index is 0.0119. The molecule has 0 aliphatic heterocycles. The van der Waals surface area contributed by atoms with Crippen LogP contribution in [0.25, 0.3) is 11.4 Å². The number of carboxylic acids is 1. The summed E-state index contributed by atoms with van der Waals surface area (Å²) in [5.74, 6) is -0.658. The van der Waals surface area contributed by atoms with Gasteiger partial charge in [-0.1, -0.05) is 0 Å². The maximum absolute atomic E-state index is 10.8. The molecule has 0 aromatic carbocycles. The summed E-state index contributed by atoms with van der Waals surface area (Å²) in [7, 11) is 0. The molecule has 17 heavy (non-hydrogen) atoms. The molecule has 0 atom stereocenters. The zero-order valence-electron chi connectivity index (χ0n) is 9.51. The number of hydrogen-bond acceptors (Lipinski definition) is 4. The van der Waals surface area contributed by atoms with Crippen molar-refractivity contribution in [3.8, 4) is 11.4 Å². The summed E-state index contributed by atoms with van der Waals surface area (Å²) in [4.78, 5) is 23.1. The Morgan fingerprint density at radius 1 is 1.18 bits per heavy atom. The summed E-state index contributed by atoms with van der Waals surface area (Å²) in [6, 6.07) is 5.02. The maximum Gasteiger partial charge on any atom is 0.354 e. The number of aryl methyl sites for hydroxylation is 2. The third-order valence-electron chi connectivity index (χ3n) is 2.21. The lowest BCUT2D eigenvalue weighted by atomic mass is 10.2. The van der Waals surface area contributed by atoms with Crippen LogP contribution in [0.3, 0.4) is 0 Å². The van der Waals surface area contributed by atoms with Gasteiger partial charge in [0.25, 0.3) is 0 Å². The number of rotatable bonds is 2. The van der Waals surface area contributed by atoms with Crippen LogP contribution in [0.1, 0.15) is 21.9 Å². The molecule has 1 N–H and O–H groups in total. The van der Waals surface area contributed by atoms with Crippen LogP contribution >= 0.6 is 0 Å². The average Bonchev–Trinajstić information content (AvgIpc) is 2.28. The summed E-state index contributed by atoms with van der Waals surface area (Å²) in [6.45, 7) is 3.75. The summed E-state index contributed by atoms with van der Waals surface area (Å²) in [5.41, 5.74) is 2.47. The first kappa shape index (κ1) is 11.2. The van der Waals surface area contributed by atoms with Crippen molar-refractivity contribution in [1.29, 1.82) is 0 Å². The van der Waals surface area contributed by atoms with Crippen molar-refractivity contribution < 1.29 is 9.90 Å². The number of nitrogens with zero attached hydrogens (tertiary/aromatic N) is 3. The fourth-order valence-electron chi connectivity index (χ4n) is 1.58. The molecule has 0 spiro atoms. The van der Waals surface area contributed by atoms with Crippen LogP contribution in [-0.2, 0) is 0 Å². The second-order valence-electron chi connectivity index (χ2n) is 3.71. The third kappa shape index (κ3) is 2.44. The standard InChI is InChI=1S/C12H11N3O2/c1-7-5-9(6-8(2)14-7)11-13-4-3-10(15-11)12(16)17/h3-6H,1-2H3,(H,16,17). The van der Waals surface area contributed by atoms with Crippen LogP contribution in [-0.4, -0.2) is 26.0 Å². The van der Waals surface area contributed by atoms with Gasteiger partial charge in [0.15, 0.2) is 11.5 Å². The van der Waals surface area contributed by atoms with Crippen molar-refractivity contribution in [3.63, 3.8) is 0 Å². The SMILES string of the molecule is Cc1cc(-c2nccc(C(=O)O)n2)cc(C)n1. The molecule has 5 nitrogen and oxygen atoms in total. The van der Waals surface area contributed by atoms with Gasteiger partial charge in [0.05, 0.1) is 0 Å². The monoisotopic (exact) mass is 229 g/mol. The Bertz CT molecular complexity index is 561. The fourth-order valence-corrected chi connectivity index (χ4v) is 1.58. The van der Waals surface area contributed by atoms with Gasteiger partial charge in [-0.2, -0.15) is 0 Å². The molecule has 86 valence electrons. The van der Waals surface area contributed by atoms with Crippen LogP contribution in [0, 0.1) is 13.8 Å². The highest BCUT2D eigenvalue weighted by Gasteiger charge is 2.08. The highest BCUT2D eigenvalue weighted by atomic mass is 16.4. The van der Waals surface area contributed by atoms with Gasteiger partial charge in [-0.05, 0) is 32.0 Å². The van der Waals surface area contributed by atoms with Gasteiger partial charge in [-0.15, -0.1) is 0 Å². The maximum atomic E-state index is 10.8. The highest BCUT2D eigenvalue weighted by Crippen LogP contribution is 2.16. The zero-order chi connectivity index (χ0) is 12.4. The van der Waals surface area contributed by atoms with Crippen molar-refractivity contribution in [3.05, 3.63) is 41.5 Å². The topological polar surface area (TPSA) is 76.0 Å². The first-order valence-electron chi connectivity index (χ1n) is 5.08. The van der Waals surface area contributed by atoms with E-state index in [1.165, 1.54) is 12.3 Å². The molecule has 0 saturated carbocycles. The van der Waals surface area contributed by atoms with Gasteiger partial charge in [0, 0.05) is 23.1 Å². The summed E-state index contributed by atoms with van der Waals surface area (Å²) in [6.07, 6.45) is 1.44. The predicted octanol–water partition coefficient (Wildman–Crippen LogP) is 1.85. The summed E-state index contributed by atoms with van der Waals surface area (Å²) < 4.78 is 0. The van der Waals surface area contributed by atoms with E-state index in [1.807, 2.05) is 26.0 Å². The largest absolute Gasteiger partial charge is 0.477 e. The summed E-state index contributed by atoms with van der Waals surface area (Å²) >= 11 is 0. The Labute approximate surface area is 98.2 Å². The molecule has 0 aliphatic carbocycles. The zero-order valence-corrected chi connectivity index (χ0v) is 9.51. The van der Waals surface area contributed by atoms with Crippen LogP contribution in [0.5, 0.6) is 0 Å². The molecule has 0 saturated heterocycles. The number of pyridine rings is 1. The van der Waals surface area contributed by atoms with E-state index in [-0.39, 0.29) is 5.69 Å². The number of hydrogen-bond donors (Lipinski definition) is 1. The van der Waals surface area contributed by atoms with Gasteiger partial charge in [0.2, 0.25) is 0 Å². The average molecular weight is 229 g/mol. The van der Waals surface area contributed by atoms with Gasteiger partial charge >= 0.3 is 5.97 Å². The lowest BCUT2D eigenvalue weighted by Crippen LogP contribution is -2.02. The molecule has 5 heteroatoms. The van der Waals surface area contributed by atoms with E-state index in [9.17, 15) is 4.79 Å². The lowest BCUT2D eigenvalue weighted by molar-refractivity contribution is 0.0690. The Morgan fingerprint density at radius 3 is 2.41 bits per heavy atom.